The summed E-state index contributed by atoms with van der Waals surface area (Å²) in [5.41, 5.74) is 2.57. The van der Waals surface area contributed by atoms with Gasteiger partial charge in [-0.25, -0.2) is 0 Å². The van der Waals surface area contributed by atoms with E-state index in [1.807, 2.05) is 19.1 Å². The molecule has 0 saturated heterocycles. The second-order valence-electron chi connectivity index (χ2n) is 6.01. The zero-order chi connectivity index (χ0) is 21.0. The largest absolute Gasteiger partial charge is 0.330 e. The first-order valence-corrected chi connectivity index (χ1v) is 10.5. The Morgan fingerprint density at radius 1 is 1.28 bits per heavy atom. The fourth-order valence-corrected chi connectivity index (χ4v) is 4.14. The van der Waals surface area contributed by atoms with Crippen LogP contribution >= 0.6 is 34.7 Å². The average molecular weight is 450 g/mol. The molecule has 0 aliphatic carbocycles. The first-order chi connectivity index (χ1) is 13.8. The number of hydrogen-bond donors (Lipinski definition) is 2. The first-order valence-electron chi connectivity index (χ1n) is 8.37. The molecule has 0 bridgehead atoms. The molecule has 8 nitrogen and oxygen atoms in total. The molecule has 0 fully saturated rings. The van der Waals surface area contributed by atoms with Crippen LogP contribution in [0.1, 0.15) is 11.1 Å². The maximum atomic E-state index is 12.2. The quantitative estimate of drug-likeness (QED) is 0.290. The number of benzene rings is 2. The zero-order valence-electron chi connectivity index (χ0n) is 15.4. The third kappa shape index (κ3) is 5.43. The summed E-state index contributed by atoms with van der Waals surface area (Å²) in [5, 5.41) is 26.2. The van der Waals surface area contributed by atoms with E-state index in [2.05, 4.69) is 20.8 Å². The van der Waals surface area contributed by atoms with E-state index >= 15 is 0 Å². The van der Waals surface area contributed by atoms with Crippen molar-refractivity contribution in [2.24, 2.45) is 0 Å². The van der Waals surface area contributed by atoms with Crippen LogP contribution < -0.4 is 10.6 Å². The number of nitrogens with zero attached hydrogens (tertiary/aromatic N) is 3. The standard InChI is InChI=1S/C18H16ClN5O3S2/c1-10-6-7-12(8-13(10)19)20-17-22-23-18(29-17)28-9-16(25)21-14-4-3-5-15(11(14)2)24(26)27/h3-8H,9H2,1-2H3,(H,20,22)(H,21,25). The molecule has 0 atom stereocenters. The van der Waals surface area contributed by atoms with Crippen LogP contribution in [0.3, 0.4) is 0 Å². The van der Waals surface area contributed by atoms with Crippen molar-refractivity contribution in [3.8, 4) is 0 Å². The highest BCUT2D eigenvalue weighted by Gasteiger charge is 2.15. The van der Waals surface area contributed by atoms with Crippen molar-refractivity contribution in [2.75, 3.05) is 16.4 Å². The van der Waals surface area contributed by atoms with Crippen molar-refractivity contribution in [1.82, 2.24) is 10.2 Å². The van der Waals surface area contributed by atoms with Gasteiger partial charge in [-0.1, -0.05) is 46.8 Å². The predicted molar refractivity (Wildman–Crippen MR) is 117 cm³/mol. The molecule has 0 aliphatic rings. The fraction of sp³-hybridized carbons (Fsp3) is 0.167. The maximum Gasteiger partial charge on any atom is 0.274 e. The van der Waals surface area contributed by atoms with Crippen molar-refractivity contribution in [3.63, 3.8) is 0 Å². The number of nitrogens with one attached hydrogen (secondary N) is 2. The molecule has 11 heteroatoms. The van der Waals surface area contributed by atoms with Crippen molar-refractivity contribution in [3.05, 3.63) is 62.7 Å². The van der Waals surface area contributed by atoms with Gasteiger partial charge in [0.05, 0.1) is 21.9 Å². The van der Waals surface area contributed by atoms with E-state index in [9.17, 15) is 14.9 Å². The molecule has 3 rings (SSSR count). The van der Waals surface area contributed by atoms with Gasteiger partial charge in [0.2, 0.25) is 11.0 Å². The summed E-state index contributed by atoms with van der Waals surface area (Å²) in [6, 6.07) is 10.2. The molecule has 3 aromatic rings. The highest BCUT2D eigenvalue weighted by Crippen LogP contribution is 2.30. The number of carbonyl (C=O) groups excluding carboxylic acids is 1. The molecular formula is C18H16ClN5O3S2. The van der Waals surface area contributed by atoms with Crippen LogP contribution in [0.5, 0.6) is 0 Å². The van der Waals surface area contributed by atoms with Gasteiger partial charge in [-0.15, -0.1) is 10.2 Å². The molecule has 0 aliphatic heterocycles. The molecule has 1 heterocycles. The van der Waals surface area contributed by atoms with Gasteiger partial charge in [0.25, 0.3) is 5.69 Å². The van der Waals surface area contributed by atoms with Gasteiger partial charge in [0, 0.05) is 16.8 Å². The summed E-state index contributed by atoms with van der Waals surface area (Å²) >= 11 is 8.66. The highest BCUT2D eigenvalue weighted by molar-refractivity contribution is 8.01. The van der Waals surface area contributed by atoms with Gasteiger partial charge in [-0.2, -0.15) is 0 Å². The molecule has 1 aromatic heterocycles. The number of aromatic nitrogens is 2. The minimum atomic E-state index is -0.475. The molecule has 0 unspecified atom stereocenters. The Bertz CT molecular complexity index is 1070. The first kappa shape index (κ1) is 21.0. The van der Waals surface area contributed by atoms with E-state index in [1.165, 1.54) is 35.2 Å². The molecule has 0 spiro atoms. The summed E-state index contributed by atoms with van der Waals surface area (Å²) in [7, 11) is 0. The van der Waals surface area contributed by atoms with Crippen molar-refractivity contribution >= 4 is 62.8 Å². The normalized spacial score (nSPS) is 10.6. The van der Waals surface area contributed by atoms with Gasteiger partial charge in [-0.3, -0.25) is 14.9 Å². The number of amides is 1. The van der Waals surface area contributed by atoms with Gasteiger partial charge < -0.3 is 10.6 Å². The monoisotopic (exact) mass is 449 g/mol. The van der Waals surface area contributed by atoms with E-state index in [-0.39, 0.29) is 17.3 Å². The van der Waals surface area contributed by atoms with Gasteiger partial charge in [-0.05, 0) is 37.6 Å². The maximum absolute atomic E-state index is 12.2. The minimum absolute atomic E-state index is 0.0356. The SMILES string of the molecule is Cc1ccc(Nc2nnc(SCC(=O)Nc3cccc([N+](=O)[O-])c3C)s2)cc1Cl. The van der Waals surface area contributed by atoms with Crippen LogP contribution in [-0.2, 0) is 4.79 Å². The molecule has 1 amide bonds. The smallest absolute Gasteiger partial charge is 0.274 e. The molecule has 0 radical (unpaired) electrons. The van der Waals surface area contributed by atoms with Crippen LogP contribution in [0.25, 0.3) is 0 Å². The summed E-state index contributed by atoms with van der Waals surface area (Å²) in [6.07, 6.45) is 0. The number of hydrogen-bond acceptors (Lipinski definition) is 8. The van der Waals surface area contributed by atoms with Crippen LogP contribution in [0.4, 0.5) is 22.2 Å². The molecule has 0 saturated carbocycles. The topological polar surface area (TPSA) is 110 Å². The molecule has 2 N–H and O–H groups in total. The molecule has 150 valence electrons. The van der Waals surface area contributed by atoms with Crippen molar-refractivity contribution < 1.29 is 9.72 Å². The number of thioether (sulfide) groups is 1. The molecule has 2 aromatic carbocycles. The number of nitro benzene ring substituents is 1. The lowest BCUT2D eigenvalue weighted by Gasteiger charge is -2.07. The fourth-order valence-electron chi connectivity index (χ4n) is 2.38. The Kier molecular flexibility index (Phi) is 6.68. The number of nitro groups is 1. The summed E-state index contributed by atoms with van der Waals surface area (Å²) in [5.74, 6) is -0.179. The van der Waals surface area contributed by atoms with E-state index < -0.39 is 4.92 Å². The predicted octanol–water partition coefficient (Wildman–Crippen LogP) is 5.19. The van der Waals surface area contributed by atoms with Crippen molar-refractivity contribution in [1.29, 1.82) is 0 Å². The number of aryl methyl sites for hydroxylation is 1. The average Bonchev–Trinajstić information content (AvgIpc) is 3.12. The summed E-state index contributed by atoms with van der Waals surface area (Å²) in [4.78, 5) is 22.7. The Balaban J connectivity index is 1.57. The van der Waals surface area contributed by atoms with E-state index in [0.29, 0.717) is 25.7 Å². The van der Waals surface area contributed by atoms with Crippen LogP contribution in [0.15, 0.2) is 40.7 Å². The lowest BCUT2D eigenvalue weighted by atomic mass is 10.1. The number of rotatable bonds is 7. The Hall–Kier alpha value is -2.69. The number of anilines is 3. The van der Waals surface area contributed by atoms with Crippen molar-refractivity contribution in [2.45, 2.75) is 18.2 Å². The highest BCUT2D eigenvalue weighted by atomic mass is 35.5. The molecule has 29 heavy (non-hydrogen) atoms. The van der Waals surface area contributed by atoms with Crippen LogP contribution in [-0.4, -0.2) is 26.8 Å². The Morgan fingerprint density at radius 2 is 2.07 bits per heavy atom. The molecular weight excluding hydrogens is 434 g/mol. The second kappa shape index (κ2) is 9.21. The summed E-state index contributed by atoms with van der Waals surface area (Å²) in [6.45, 7) is 3.52. The van der Waals surface area contributed by atoms with Gasteiger partial charge in [0.1, 0.15) is 0 Å². The lowest BCUT2D eigenvalue weighted by Crippen LogP contribution is -2.15. The van der Waals surface area contributed by atoms with Gasteiger partial charge in [0.15, 0.2) is 4.34 Å². The third-order valence-corrected chi connectivity index (χ3v) is 6.31. The van der Waals surface area contributed by atoms with Crippen LogP contribution in [0.2, 0.25) is 5.02 Å². The van der Waals surface area contributed by atoms with E-state index in [4.69, 9.17) is 11.6 Å². The minimum Gasteiger partial charge on any atom is -0.330 e. The number of carbonyl (C=O) groups is 1. The second-order valence-corrected chi connectivity index (χ2v) is 8.61. The van der Waals surface area contributed by atoms with E-state index in [0.717, 1.165) is 11.3 Å². The third-order valence-electron chi connectivity index (χ3n) is 3.93. The summed E-state index contributed by atoms with van der Waals surface area (Å²) < 4.78 is 0.622. The Labute approximate surface area is 179 Å². The van der Waals surface area contributed by atoms with Crippen LogP contribution in [0, 0.1) is 24.0 Å². The van der Waals surface area contributed by atoms with Gasteiger partial charge >= 0.3 is 0 Å². The number of halogens is 1. The van der Waals surface area contributed by atoms with E-state index in [1.54, 1.807) is 19.1 Å². The zero-order valence-corrected chi connectivity index (χ0v) is 17.8. The Morgan fingerprint density at radius 3 is 2.79 bits per heavy atom. The lowest BCUT2D eigenvalue weighted by molar-refractivity contribution is -0.385.